The van der Waals surface area contributed by atoms with E-state index in [4.69, 9.17) is 47.4 Å². The van der Waals surface area contributed by atoms with Crippen LogP contribution in [-0.2, 0) is 47.4 Å². The van der Waals surface area contributed by atoms with Crippen molar-refractivity contribution in [3.05, 3.63) is 13.8 Å². The molecule has 37 heavy (non-hydrogen) atoms. The topological polar surface area (TPSA) is 92.3 Å². The van der Waals surface area contributed by atoms with Gasteiger partial charge >= 0.3 is 23.9 Å². The molecule has 0 aromatic carbocycles. The van der Waals surface area contributed by atoms with E-state index in [1.807, 2.05) is 0 Å². The van der Waals surface area contributed by atoms with E-state index in [2.05, 4.69) is 13.8 Å². The number of rotatable bonds is 0. The summed E-state index contributed by atoms with van der Waals surface area (Å²) < 4.78 is 53.6. The predicted molar refractivity (Wildman–Crippen MR) is 132 cm³/mol. The van der Waals surface area contributed by atoms with E-state index in [-0.39, 0.29) is 60.6 Å². The van der Waals surface area contributed by atoms with Crippen molar-refractivity contribution < 1.29 is 72.2 Å². The third-order valence-corrected chi connectivity index (χ3v) is 4.39. The first-order valence-corrected chi connectivity index (χ1v) is 12.2. The number of halogens is 2. The van der Waals surface area contributed by atoms with Crippen LogP contribution in [0.5, 0.6) is 0 Å². The normalized spacial score (nSPS) is 22.5. The van der Waals surface area contributed by atoms with Crippen LogP contribution in [0.4, 0.5) is 0 Å². The second-order valence-corrected chi connectivity index (χ2v) is 7.71. The molecular formula is C24H46Cl2O10Sn. The Morgan fingerprint density at radius 1 is 0.297 bits per heavy atom. The van der Waals surface area contributed by atoms with Crippen LogP contribution >= 0.6 is 0 Å². The second kappa shape index (κ2) is 35.0. The van der Waals surface area contributed by atoms with Crippen molar-refractivity contribution in [3.63, 3.8) is 0 Å². The summed E-state index contributed by atoms with van der Waals surface area (Å²) in [5.41, 5.74) is 0. The molecule has 13 heteroatoms. The van der Waals surface area contributed by atoms with E-state index in [0.717, 1.165) is 0 Å². The van der Waals surface area contributed by atoms with E-state index in [9.17, 15) is 0 Å². The van der Waals surface area contributed by atoms with Crippen LogP contribution in [0.2, 0.25) is 0 Å². The maximum absolute atomic E-state index is 5.41. The maximum Gasteiger partial charge on any atom is 2.00 e. The minimum atomic E-state index is 0. The zero-order valence-corrected chi connectivity index (χ0v) is 26.4. The summed E-state index contributed by atoms with van der Waals surface area (Å²) in [7, 11) is 0. The summed E-state index contributed by atoms with van der Waals surface area (Å²) >= 11 is 0. The fourth-order valence-corrected chi connectivity index (χ4v) is 2.65. The van der Waals surface area contributed by atoms with Crippen LogP contribution in [0, 0.1) is 25.7 Å². The van der Waals surface area contributed by atoms with Gasteiger partial charge < -0.3 is 72.2 Å². The van der Waals surface area contributed by atoms with E-state index in [1.165, 1.54) is 0 Å². The van der Waals surface area contributed by atoms with Gasteiger partial charge in [-0.1, -0.05) is 0 Å². The van der Waals surface area contributed by atoms with Gasteiger partial charge in [0, 0.05) is 11.8 Å². The van der Waals surface area contributed by atoms with Gasteiger partial charge in [-0.2, -0.15) is 0 Å². The van der Waals surface area contributed by atoms with Crippen molar-refractivity contribution in [2.45, 2.75) is 0 Å². The Bertz CT molecular complexity index is 352. The Labute approximate surface area is 253 Å². The molecule has 0 N–H and O–H groups in total. The van der Waals surface area contributed by atoms with Gasteiger partial charge in [-0.25, -0.2) is 0 Å². The van der Waals surface area contributed by atoms with E-state index < -0.39 is 0 Å². The molecule has 0 bridgehead atoms. The summed E-state index contributed by atoms with van der Waals surface area (Å²) in [5, 5.41) is 0. The van der Waals surface area contributed by atoms with Crippen LogP contribution in [0.3, 0.4) is 0 Å². The fraction of sp³-hybridized carbons (Fsp3) is 0.917. The molecule has 0 amide bonds. The minimum Gasteiger partial charge on any atom is -1.00 e. The zero-order valence-electron chi connectivity index (χ0n) is 22.0. The molecule has 2 aliphatic rings. The van der Waals surface area contributed by atoms with Gasteiger partial charge in [0.15, 0.2) is 0 Å². The molecule has 220 valence electrons. The van der Waals surface area contributed by atoms with Crippen molar-refractivity contribution in [1.82, 2.24) is 0 Å². The number of hydrogen-bond donors (Lipinski definition) is 0. The van der Waals surface area contributed by atoms with Crippen molar-refractivity contribution in [3.8, 4) is 0 Å². The van der Waals surface area contributed by atoms with Gasteiger partial charge in [-0.05, 0) is 13.8 Å². The Kier molecular flexibility index (Phi) is 40.2. The Hall–Kier alpha value is 0.979. The fourth-order valence-electron chi connectivity index (χ4n) is 2.65. The Morgan fingerprint density at radius 3 is 0.595 bits per heavy atom. The van der Waals surface area contributed by atoms with Crippen molar-refractivity contribution in [2.75, 3.05) is 132 Å². The number of ether oxygens (including phenoxy) is 10. The molecule has 0 atom stereocenters. The van der Waals surface area contributed by atoms with Gasteiger partial charge in [0.05, 0.1) is 132 Å². The van der Waals surface area contributed by atoms with Crippen molar-refractivity contribution in [1.29, 1.82) is 0 Å². The molecule has 0 aromatic rings. The van der Waals surface area contributed by atoms with Crippen LogP contribution in [-0.4, -0.2) is 156 Å². The van der Waals surface area contributed by atoms with Crippen molar-refractivity contribution in [2.24, 2.45) is 11.8 Å². The van der Waals surface area contributed by atoms with Crippen LogP contribution < -0.4 is 24.8 Å². The third-order valence-electron chi connectivity index (χ3n) is 4.39. The molecule has 4 radical (unpaired) electrons. The maximum atomic E-state index is 5.41. The Balaban J connectivity index is -0.000000578. The molecule has 2 aliphatic heterocycles. The monoisotopic (exact) mass is 684 g/mol. The van der Waals surface area contributed by atoms with Crippen molar-refractivity contribution >= 4 is 23.9 Å². The SMILES string of the molecule is [CH2]C1COCCOCCOCCOCCOC1.[CH2]C1COCCOCCOCCOCCOC1.[Cl-].[Cl-].[Sn+2]. The smallest absolute Gasteiger partial charge is 1.00 e. The van der Waals surface area contributed by atoms with Crippen LogP contribution in [0.15, 0.2) is 0 Å². The van der Waals surface area contributed by atoms with Gasteiger partial charge in [0.1, 0.15) is 0 Å². The molecule has 0 aliphatic carbocycles. The first kappa shape index (κ1) is 42.4. The average Bonchev–Trinajstić information content (AvgIpc) is 2.83. The molecule has 2 fully saturated rings. The summed E-state index contributed by atoms with van der Waals surface area (Å²) in [4.78, 5) is 0. The van der Waals surface area contributed by atoms with E-state index in [0.29, 0.717) is 132 Å². The number of hydrogen-bond acceptors (Lipinski definition) is 10. The first-order chi connectivity index (χ1) is 16.8. The molecular weight excluding hydrogens is 638 g/mol. The summed E-state index contributed by atoms with van der Waals surface area (Å²) in [5.74, 6) is 0.317. The van der Waals surface area contributed by atoms with Gasteiger partial charge in [0.25, 0.3) is 0 Å². The summed E-state index contributed by atoms with van der Waals surface area (Å²) in [6.45, 7) is 19.8. The van der Waals surface area contributed by atoms with Gasteiger partial charge in [0.2, 0.25) is 0 Å². The first-order valence-electron chi connectivity index (χ1n) is 12.2. The van der Waals surface area contributed by atoms with Crippen LogP contribution in [0.25, 0.3) is 0 Å². The third kappa shape index (κ3) is 33.1. The largest absolute Gasteiger partial charge is 2.00 e. The quantitative estimate of drug-likeness (QED) is 0.231. The van der Waals surface area contributed by atoms with Gasteiger partial charge in [-0.3, -0.25) is 0 Å². The molecule has 10 nitrogen and oxygen atoms in total. The molecule has 0 saturated carbocycles. The predicted octanol–water partition coefficient (Wildman–Crippen LogP) is -5.31. The van der Waals surface area contributed by atoms with Crippen LogP contribution in [0.1, 0.15) is 0 Å². The molecule has 0 unspecified atom stereocenters. The zero-order chi connectivity index (χ0) is 24.4. The molecule has 2 heterocycles. The Morgan fingerprint density at radius 2 is 0.432 bits per heavy atom. The molecule has 0 spiro atoms. The molecule has 2 saturated heterocycles. The van der Waals surface area contributed by atoms with E-state index in [1.54, 1.807) is 0 Å². The minimum absolute atomic E-state index is 0. The standard InChI is InChI=1S/2C12H23O5.2ClH.Sn/c2*1-12-10-16-8-6-14-4-2-13-3-5-15-7-9-17-11-12;;;/h2*12H,1-11H2;2*1H;/q;;;;+2/p-2. The van der Waals surface area contributed by atoms with E-state index >= 15 is 0 Å². The summed E-state index contributed by atoms with van der Waals surface area (Å²) in [6.07, 6.45) is 0. The summed E-state index contributed by atoms with van der Waals surface area (Å²) in [6, 6.07) is 0. The van der Waals surface area contributed by atoms with Gasteiger partial charge in [-0.15, -0.1) is 0 Å². The molecule has 2 rings (SSSR count). The molecule has 0 aromatic heterocycles. The average molecular weight is 684 g/mol. The second-order valence-electron chi connectivity index (χ2n) is 7.71.